The Labute approximate surface area is 167 Å². The Morgan fingerprint density at radius 1 is 1.10 bits per heavy atom. The second-order valence-corrected chi connectivity index (χ2v) is 7.89. The van der Waals surface area contributed by atoms with Gasteiger partial charge in [0.25, 0.3) is 5.91 Å². The number of sulfonamides is 1. The van der Waals surface area contributed by atoms with Crippen LogP contribution in [0.1, 0.15) is 0 Å². The molecule has 0 fully saturated rings. The number of hydrogen-bond acceptors (Lipinski definition) is 6. The van der Waals surface area contributed by atoms with E-state index in [-0.39, 0.29) is 11.4 Å². The number of likely N-dealkylation sites (N-methyl/N-ethyl adjacent to an activating group) is 1. The monoisotopic (exact) mass is 419 g/mol. The highest BCUT2D eigenvalue weighted by Gasteiger charge is 2.24. The van der Waals surface area contributed by atoms with Gasteiger partial charge >= 0.3 is 5.97 Å². The molecule has 0 heterocycles. The molecule has 0 spiro atoms. The number of rotatable bonds is 8. The molecule has 10 heteroatoms. The Kier molecular flexibility index (Phi) is 7.41. The highest BCUT2D eigenvalue weighted by Crippen LogP contribution is 2.15. The van der Waals surface area contributed by atoms with Crippen LogP contribution < -0.4 is 4.90 Å². The van der Waals surface area contributed by atoms with Crippen LogP contribution in [0.5, 0.6) is 0 Å². The molecule has 0 aromatic heterocycles. The summed E-state index contributed by atoms with van der Waals surface area (Å²) in [7, 11) is -2.87. The zero-order chi connectivity index (χ0) is 21.4. The lowest BCUT2D eigenvalue weighted by atomic mass is 10.3. The summed E-state index contributed by atoms with van der Waals surface area (Å²) >= 11 is 0. The topological polar surface area (TPSA) is 108 Å². The van der Waals surface area contributed by atoms with Crippen molar-refractivity contribution in [2.24, 2.45) is 0 Å². The molecule has 0 unspecified atom stereocenters. The van der Waals surface area contributed by atoms with Crippen LogP contribution in [0.15, 0.2) is 59.5 Å². The third-order valence-corrected chi connectivity index (χ3v) is 5.65. The maximum atomic E-state index is 13.0. The normalized spacial score (nSPS) is 11.0. The number of anilines is 1. The molecule has 0 aliphatic rings. The smallest absolute Gasteiger partial charge is 0.321 e. The van der Waals surface area contributed by atoms with Crippen LogP contribution in [0.3, 0.4) is 0 Å². The fourth-order valence-electron chi connectivity index (χ4n) is 2.32. The molecular weight excluding hydrogens is 401 g/mol. The van der Waals surface area contributed by atoms with Gasteiger partial charge in [-0.1, -0.05) is 18.2 Å². The summed E-state index contributed by atoms with van der Waals surface area (Å²) in [5.74, 6) is -2.17. The fourth-order valence-corrected chi connectivity index (χ4v) is 3.44. The number of nitrogens with zero attached hydrogens (tertiary/aromatic N) is 3. The highest BCUT2D eigenvalue weighted by molar-refractivity contribution is 7.89. The molecule has 2 aromatic carbocycles. The third-order valence-electron chi connectivity index (χ3n) is 3.83. The van der Waals surface area contributed by atoms with Gasteiger partial charge < -0.3 is 4.74 Å². The molecule has 0 saturated carbocycles. The van der Waals surface area contributed by atoms with Crippen molar-refractivity contribution in [1.29, 1.82) is 5.26 Å². The number of esters is 1. The number of hydrogen-bond donors (Lipinski definition) is 0. The van der Waals surface area contributed by atoms with Crippen LogP contribution in [-0.4, -0.2) is 51.3 Å². The summed E-state index contributed by atoms with van der Waals surface area (Å²) in [6.45, 7) is -1.53. The molecular formula is C19H18FN3O5S. The van der Waals surface area contributed by atoms with E-state index in [9.17, 15) is 22.4 Å². The molecule has 152 valence electrons. The van der Waals surface area contributed by atoms with Crippen molar-refractivity contribution < 1.29 is 27.1 Å². The third kappa shape index (κ3) is 5.84. The maximum absolute atomic E-state index is 13.0. The predicted molar refractivity (Wildman–Crippen MR) is 102 cm³/mol. The first kappa shape index (κ1) is 22.0. The van der Waals surface area contributed by atoms with Crippen molar-refractivity contribution in [2.75, 3.05) is 31.6 Å². The van der Waals surface area contributed by atoms with E-state index in [1.165, 1.54) is 0 Å². The Morgan fingerprint density at radius 2 is 1.72 bits per heavy atom. The second-order valence-electron chi connectivity index (χ2n) is 5.85. The first-order valence-electron chi connectivity index (χ1n) is 8.35. The molecule has 8 nitrogen and oxygen atoms in total. The van der Waals surface area contributed by atoms with E-state index in [4.69, 9.17) is 10.00 Å². The molecule has 2 aromatic rings. The molecule has 0 bridgehead atoms. The van der Waals surface area contributed by atoms with Crippen LogP contribution in [-0.2, 0) is 24.3 Å². The van der Waals surface area contributed by atoms with E-state index >= 15 is 0 Å². The number of amides is 1. The number of carbonyl (C=O) groups excluding carboxylic acids is 2. The molecule has 29 heavy (non-hydrogen) atoms. The standard InChI is InChI=1S/C19H18FN3O5S/c1-22(29(26,27)17-9-7-15(20)8-10-17)13-19(25)28-14-18(24)23(12-11-21)16-5-3-2-4-6-16/h2-10H,12-14H2,1H3. The van der Waals surface area contributed by atoms with Gasteiger partial charge in [-0.25, -0.2) is 12.8 Å². The fraction of sp³-hybridized carbons (Fsp3) is 0.211. The number of halogens is 1. The van der Waals surface area contributed by atoms with Crippen LogP contribution in [0, 0.1) is 17.1 Å². The van der Waals surface area contributed by atoms with Crippen molar-refractivity contribution in [3.05, 3.63) is 60.4 Å². The SMILES string of the molecule is CN(CC(=O)OCC(=O)N(CC#N)c1ccccc1)S(=O)(=O)c1ccc(F)cc1. The van der Waals surface area contributed by atoms with Gasteiger partial charge in [0.1, 0.15) is 18.9 Å². The lowest BCUT2D eigenvalue weighted by Crippen LogP contribution is -2.37. The summed E-state index contributed by atoms with van der Waals surface area (Å²) in [6.07, 6.45) is 0. The summed E-state index contributed by atoms with van der Waals surface area (Å²) in [5.41, 5.74) is 0.464. The zero-order valence-electron chi connectivity index (χ0n) is 15.5. The number of para-hydroxylation sites is 1. The first-order chi connectivity index (χ1) is 13.8. The van der Waals surface area contributed by atoms with E-state index < -0.39 is 40.9 Å². The molecule has 0 saturated heterocycles. The molecule has 0 aliphatic carbocycles. The minimum absolute atomic E-state index is 0.186. The minimum atomic E-state index is -4.03. The minimum Gasteiger partial charge on any atom is -0.455 e. The molecule has 0 radical (unpaired) electrons. The van der Waals surface area contributed by atoms with Crippen molar-refractivity contribution in [1.82, 2.24) is 4.31 Å². The maximum Gasteiger partial charge on any atom is 0.321 e. The predicted octanol–water partition coefficient (Wildman–Crippen LogP) is 1.55. The zero-order valence-corrected chi connectivity index (χ0v) is 16.3. The quantitative estimate of drug-likeness (QED) is 0.475. The number of benzene rings is 2. The van der Waals surface area contributed by atoms with Gasteiger partial charge in [0.2, 0.25) is 10.0 Å². The largest absolute Gasteiger partial charge is 0.455 e. The summed E-state index contributed by atoms with van der Waals surface area (Å²) in [6, 6.07) is 14.4. The summed E-state index contributed by atoms with van der Waals surface area (Å²) in [4.78, 5) is 25.2. The molecule has 0 N–H and O–H groups in total. The van der Waals surface area contributed by atoms with E-state index in [1.807, 2.05) is 6.07 Å². The van der Waals surface area contributed by atoms with Gasteiger partial charge in [-0.2, -0.15) is 9.57 Å². The van der Waals surface area contributed by atoms with Crippen LogP contribution >= 0.6 is 0 Å². The first-order valence-corrected chi connectivity index (χ1v) is 9.79. The lowest BCUT2D eigenvalue weighted by molar-refractivity contribution is -0.147. The van der Waals surface area contributed by atoms with Crippen molar-refractivity contribution in [3.63, 3.8) is 0 Å². The van der Waals surface area contributed by atoms with Crippen LogP contribution in [0.4, 0.5) is 10.1 Å². The Bertz CT molecular complexity index is 1000. The lowest BCUT2D eigenvalue weighted by Gasteiger charge is -2.20. The van der Waals surface area contributed by atoms with Gasteiger partial charge in [-0.05, 0) is 36.4 Å². The molecule has 0 atom stereocenters. The van der Waals surface area contributed by atoms with Crippen LogP contribution in [0.2, 0.25) is 0 Å². The van der Waals surface area contributed by atoms with Crippen LogP contribution in [0.25, 0.3) is 0 Å². The second kappa shape index (κ2) is 9.77. The average molecular weight is 419 g/mol. The Balaban J connectivity index is 1.97. The van der Waals surface area contributed by atoms with Crippen molar-refractivity contribution >= 4 is 27.6 Å². The Hall–Kier alpha value is -3.29. The van der Waals surface area contributed by atoms with Gasteiger partial charge in [0.15, 0.2) is 6.61 Å². The molecule has 2 rings (SSSR count). The number of nitriles is 1. The number of carbonyl (C=O) groups is 2. The van der Waals surface area contributed by atoms with Crippen molar-refractivity contribution in [3.8, 4) is 6.07 Å². The average Bonchev–Trinajstić information content (AvgIpc) is 2.71. The van der Waals surface area contributed by atoms with Gasteiger partial charge in [0, 0.05) is 12.7 Å². The Morgan fingerprint density at radius 3 is 2.31 bits per heavy atom. The van der Waals surface area contributed by atoms with Crippen molar-refractivity contribution in [2.45, 2.75) is 4.90 Å². The van der Waals surface area contributed by atoms with E-state index in [0.717, 1.165) is 40.5 Å². The summed E-state index contributed by atoms with van der Waals surface area (Å²) < 4.78 is 43.3. The van der Waals surface area contributed by atoms with Gasteiger partial charge in [0.05, 0.1) is 11.0 Å². The van der Waals surface area contributed by atoms with Gasteiger partial charge in [-0.3, -0.25) is 14.5 Å². The van der Waals surface area contributed by atoms with E-state index in [2.05, 4.69) is 0 Å². The summed E-state index contributed by atoms with van der Waals surface area (Å²) in [5, 5.41) is 8.91. The highest BCUT2D eigenvalue weighted by atomic mass is 32.2. The van der Waals surface area contributed by atoms with E-state index in [0.29, 0.717) is 5.69 Å². The molecule has 1 amide bonds. The van der Waals surface area contributed by atoms with E-state index in [1.54, 1.807) is 30.3 Å². The number of ether oxygens (including phenoxy) is 1. The molecule has 0 aliphatic heterocycles. The van der Waals surface area contributed by atoms with Gasteiger partial charge in [-0.15, -0.1) is 0 Å².